The fourth-order valence-corrected chi connectivity index (χ4v) is 3.41. The largest absolute Gasteiger partial charge is 0.329 e. The zero-order valence-electron chi connectivity index (χ0n) is 12.8. The summed E-state index contributed by atoms with van der Waals surface area (Å²) < 4.78 is 2.54. The molecule has 0 saturated heterocycles. The van der Waals surface area contributed by atoms with Gasteiger partial charge in [-0.25, -0.2) is 4.98 Å². The van der Waals surface area contributed by atoms with Gasteiger partial charge in [0.2, 0.25) is 0 Å². The van der Waals surface area contributed by atoms with Crippen molar-refractivity contribution >= 4 is 0 Å². The fraction of sp³-hybridized carbons (Fsp3) is 0.812. The normalized spacial score (nSPS) is 23.8. The highest BCUT2D eigenvalue weighted by Crippen LogP contribution is 2.34. The van der Waals surface area contributed by atoms with Gasteiger partial charge in [-0.3, -0.25) is 0 Å². The second kappa shape index (κ2) is 5.07. The van der Waals surface area contributed by atoms with Gasteiger partial charge in [-0.2, -0.15) is 0 Å². The van der Waals surface area contributed by atoms with E-state index in [0.29, 0.717) is 17.9 Å². The molecule has 2 rings (SSSR count). The van der Waals surface area contributed by atoms with Crippen LogP contribution in [0.3, 0.4) is 0 Å². The molecule has 18 heavy (non-hydrogen) atoms. The molecule has 0 bridgehead atoms. The minimum atomic E-state index is 0.579. The lowest BCUT2D eigenvalue weighted by molar-refractivity contribution is 0.334. The summed E-state index contributed by atoms with van der Waals surface area (Å²) in [5.41, 5.74) is 2.86. The van der Waals surface area contributed by atoms with Crippen LogP contribution in [0.2, 0.25) is 0 Å². The molecule has 2 atom stereocenters. The molecule has 2 heterocycles. The summed E-state index contributed by atoms with van der Waals surface area (Å²) in [6.07, 6.45) is 3.57. The Balaban J connectivity index is 2.46. The maximum atomic E-state index is 4.98. The predicted molar refractivity (Wildman–Crippen MR) is 77.1 cm³/mol. The molecule has 0 fully saturated rings. The van der Waals surface area contributed by atoms with E-state index < -0.39 is 0 Å². The van der Waals surface area contributed by atoms with Gasteiger partial charge in [-0.15, -0.1) is 0 Å². The van der Waals surface area contributed by atoms with Crippen molar-refractivity contribution in [3.05, 3.63) is 17.2 Å². The van der Waals surface area contributed by atoms with Crippen LogP contribution in [0, 0.1) is 11.8 Å². The van der Waals surface area contributed by atoms with Crippen LogP contribution < -0.4 is 0 Å². The quantitative estimate of drug-likeness (QED) is 0.777. The molecule has 0 spiro atoms. The van der Waals surface area contributed by atoms with E-state index in [1.807, 2.05) is 0 Å². The monoisotopic (exact) mass is 248 g/mol. The topological polar surface area (TPSA) is 17.8 Å². The van der Waals surface area contributed by atoms with Crippen molar-refractivity contribution in [2.75, 3.05) is 0 Å². The van der Waals surface area contributed by atoms with Gasteiger partial charge in [-0.05, 0) is 37.5 Å². The first-order valence-electron chi connectivity index (χ1n) is 7.50. The van der Waals surface area contributed by atoms with Crippen molar-refractivity contribution in [3.63, 3.8) is 0 Å². The number of nitrogens with zero attached hydrogens (tertiary/aromatic N) is 2. The first kappa shape index (κ1) is 13.6. The highest BCUT2D eigenvalue weighted by molar-refractivity contribution is 5.23. The lowest BCUT2D eigenvalue weighted by Crippen LogP contribution is -2.23. The average molecular weight is 248 g/mol. The van der Waals surface area contributed by atoms with Crippen LogP contribution in [-0.4, -0.2) is 9.55 Å². The number of aromatic nitrogens is 2. The summed E-state index contributed by atoms with van der Waals surface area (Å²) in [6.45, 7) is 13.9. The zero-order valence-corrected chi connectivity index (χ0v) is 12.8. The molecule has 0 radical (unpaired) electrons. The Kier molecular flexibility index (Phi) is 3.84. The number of hydrogen-bond donors (Lipinski definition) is 0. The van der Waals surface area contributed by atoms with E-state index in [4.69, 9.17) is 4.98 Å². The molecular formula is C16H28N2. The molecule has 0 saturated carbocycles. The van der Waals surface area contributed by atoms with Crippen LogP contribution >= 0.6 is 0 Å². The van der Waals surface area contributed by atoms with Gasteiger partial charge in [0.1, 0.15) is 5.82 Å². The highest BCUT2D eigenvalue weighted by atomic mass is 15.1. The van der Waals surface area contributed by atoms with Gasteiger partial charge in [0.15, 0.2) is 0 Å². The van der Waals surface area contributed by atoms with E-state index in [0.717, 1.165) is 18.8 Å². The molecule has 2 heteroatoms. The van der Waals surface area contributed by atoms with Gasteiger partial charge >= 0.3 is 0 Å². The zero-order chi connectivity index (χ0) is 13.4. The molecule has 1 aromatic heterocycles. The number of rotatable bonds is 3. The number of hydrogen-bond acceptors (Lipinski definition) is 1. The number of imidazole rings is 1. The highest BCUT2D eigenvalue weighted by Gasteiger charge is 2.28. The first-order chi connectivity index (χ1) is 8.40. The van der Waals surface area contributed by atoms with Crippen LogP contribution in [0.25, 0.3) is 0 Å². The summed E-state index contributed by atoms with van der Waals surface area (Å²) >= 11 is 0. The second-order valence-electron chi connectivity index (χ2n) is 6.88. The van der Waals surface area contributed by atoms with Crippen LogP contribution in [0.1, 0.15) is 77.1 Å². The summed E-state index contributed by atoms with van der Waals surface area (Å²) in [5.74, 6) is 3.38. The maximum absolute atomic E-state index is 4.98. The molecule has 0 amide bonds. The lowest BCUT2D eigenvalue weighted by Gasteiger charge is -2.29. The summed E-state index contributed by atoms with van der Waals surface area (Å²) in [7, 11) is 0. The molecular weight excluding hydrogens is 220 g/mol. The third-order valence-corrected chi connectivity index (χ3v) is 3.96. The Bertz CT molecular complexity index is 415. The summed E-state index contributed by atoms with van der Waals surface area (Å²) in [5, 5.41) is 0. The average Bonchev–Trinajstić information content (AvgIpc) is 2.54. The van der Waals surface area contributed by atoms with Gasteiger partial charge in [-0.1, -0.05) is 34.6 Å². The van der Waals surface area contributed by atoms with Crippen LogP contribution in [0.15, 0.2) is 0 Å². The van der Waals surface area contributed by atoms with E-state index in [2.05, 4.69) is 46.1 Å². The van der Waals surface area contributed by atoms with Crippen molar-refractivity contribution in [2.24, 2.45) is 11.8 Å². The van der Waals surface area contributed by atoms with Gasteiger partial charge in [0, 0.05) is 18.2 Å². The molecule has 2 unspecified atom stereocenters. The van der Waals surface area contributed by atoms with Gasteiger partial charge in [0.05, 0.1) is 5.69 Å². The SMILES string of the molecule is CC(C)Cc1nc2n(c1C(C)C)C(C)CC(C)C2. The van der Waals surface area contributed by atoms with Gasteiger partial charge in [0.25, 0.3) is 0 Å². The minimum absolute atomic E-state index is 0.579. The van der Waals surface area contributed by atoms with Crippen molar-refractivity contribution in [3.8, 4) is 0 Å². The third kappa shape index (κ3) is 2.48. The minimum Gasteiger partial charge on any atom is -0.329 e. The molecule has 102 valence electrons. The molecule has 1 aromatic rings. The van der Waals surface area contributed by atoms with E-state index in [1.54, 1.807) is 0 Å². The van der Waals surface area contributed by atoms with Crippen molar-refractivity contribution < 1.29 is 0 Å². The van der Waals surface area contributed by atoms with Crippen LogP contribution in [0.4, 0.5) is 0 Å². The first-order valence-corrected chi connectivity index (χ1v) is 7.50. The standard InChI is InChI=1S/C16H28N2/c1-10(2)7-14-16(11(3)4)18-13(6)8-12(5)9-15(18)17-14/h10-13H,7-9H2,1-6H3. The summed E-state index contributed by atoms with van der Waals surface area (Å²) in [6, 6.07) is 0.620. The lowest BCUT2D eigenvalue weighted by atomic mass is 9.94. The van der Waals surface area contributed by atoms with E-state index in [9.17, 15) is 0 Å². The Hall–Kier alpha value is -0.790. The molecule has 2 nitrogen and oxygen atoms in total. The maximum Gasteiger partial charge on any atom is 0.109 e. The Morgan fingerprint density at radius 2 is 1.89 bits per heavy atom. The van der Waals surface area contributed by atoms with Crippen molar-refractivity contribution in [2.45, 2.75) is 72.8 Å². The van der Waals surface area contributed by atoms with Crippen molar-refractivity contribution in [1.82, 2.24) is 9.55 Å². The van der Waals surface area contributed by atoms with E-state index in [1.165, 1.54) is 23.6 Å². The number of fused-ring (bicyclic) bond motifs is 1. The van der Waals surface area contributed by atoms with Crippen LogP contribution in [-0.2, 0) is 12.8 Å². The summed E-state index contributed by atoms with van der Waals surface area (Å²) in [4.78, 5) is 4.98. The van der Waals surface area contributed by atoms with E-state index in [-0.39, 0.29) is 0 Å². The fourth-order valence-electron chi connectivity index (χ4n) is 3.41. The van der Waals surface area contributed by atoms with Crippen molar-refractivity contribution in [1.29, 1.82) is 0 Å². The second-order valence-corrected chi connectivity index (χ2v) is 6.88. The Morgan fingerprint density at radius 1 is 1.22 bits per heavy atom. The predicted octanol–water partition coefficient (Wildman–Crippen LogP) is 4.35. The molecule has 1 aliphatic rings. The Morgan fingerprint density at radius 3 is 2.44 bits per heavy atom. The van der Waals surface area contributed by atoms with Gasteiger partial charge < -0.3 is 4.57 Å². The molecule has 0 aromatic carbocycles. The van der Waals surface area contributed by atoms with Crippen LogP contribution in [0.5, 0.6) is 0 Å². The molecule has 0 N–H and O–H groups in total. The third-order valence-electron chi connectivity index (χ3n) is 3.96. The van der Waals surface area contributed by atoms with E-state index >= 15 is 0 Å². The Labute approximate surface area is 112 Å². The smallest absolute Gasteiger partial charge is 0.109 e. The molecule has 1 aliphatic heterocycles. The molecule has 0 aliphatic carbocycles.